The highest BCUT2D eigenvalue weighted by atomic mass is 16.6. The van der Waals surface area contributed by atoms with Crippen LogP contribution < -0.4 is 19.5 Å². The highest BCUT2D eigenvalue weighted by molar-refractivity contribution is 5.82. The van der Waals surface area contributed by atoms with E-state index in [-0.39, 0.29) is 24.7 Å². The lowest BCUT2D eigenvalue weighted by atomic mass is 9.93. The summed E-state index contributed by atoms with van der Waals surface area (Å²) in [5.41, 5.74) is 0. The van der Waals surface area contributed by atoms with Gasteiger partial charge in [0, 0.05) is 18.4 Å². The molecule has 2 heterocycles. The number of carbonyl (C=O) groups excluding carboxylic acids is 1. The first-order valence-electron chi connectivity index (χ1n) is 8.90. The first-order valence-corrected chi connectivity index (χ1v) is 8.90. The standard InChI is InChI=1S/C19H21N3O4/c23-18(17-12-24-15-4-1-2-5-16(15)26-17)22-13-6-8-14(9-7-13)25-19-20-10-3-11-21-19/h1-5,10-11,13-14,17H,6-9,12H2,(H,22,23). The molecule has 0 saturated heterocycles. The van der Waals surface area contributed by atoms with Crippen molar-refractivity contribution in [2.24, 2.45) is 0 Å². The van der Waals surface area contributed by atoms with Crippen LogP contribution in [0.5, 0.6) is 17.5 Å². The normalized spacial score (nSPS) is 24.5. The summed E-state index contributed by atoms with van der Waals surface area (Å²) in [6.45, 7) is 0.229. The Balaban J connectivity index is 1.25. The van der Waals surface area contributed by atoms with E-state index >= 15 is 0 Å². The summed E-state index contributed by atoms with van der Waals surface area (Å²) < 4.78 is 17.2. The second-order valence-corrected chi connectivity index (χ2v) is 6.50. The lowest BCUT2D eigenvalue weighted by Gasteiger charge is -2.31. The lowest BCUT2D eigenvalue weighted by Crippen LogP contribution is -2.49. The number of hydrogen-bond acceptors (Lipinski definition) is 6. The lowest BCUT2D eigenvalue weighted by molar-refractivity contribution is -0.131. The van der Waals surface area contributed by atoms with Crippen LogP contribution in [0.2, 0.25) is 0 Å². The van der Waals surface area contributed by atoms with Crippen LogP contribution in [0.25, 0.3) is 0 Å². The third-order valence-corrected chi connectivity index (χ3v) is 4.64. The highest BCUT2D eigenvalue weighted by Gasteiger charge is 2.30. The first kappa shape index (κ1) is 16.6. The maximum Gasteiger partial charge on any atom is 0.316 e. The fraction of sp³-hybridized carbons (Fsp3) is 0.421. The molecule has 1 amide bonds. The van der Waals surface area contributed by atoms with E-state index < -0.39 is 6.10 Å². The van der Waals surface area contributed by atoms with Crippen molar-refractivity contribution in [1.82, 2.24) is 15.3 Å². The van der Waals surface area contributed by atoms with Gasteiger partial charge in [0.05, 0.1) is 0 Å². The van der Waals surface area contributed by atoms with E-state index in [0.29, 0.717) is 17.5 Å². The van der Waals surface area contributed by atoms with E-state index in [2.05, 4.69) is 15.3 Å². The number of rotatable bonds is 4. The maximum absolute atomic E-state index is 12.5. The second kappa shape index (κ2) is 7.59. The Morgan fingerprint density at radius 3 is 2.54 bits per heavy atom. The van der Waals surface area contributed by atoms with Gasteiger partial charge >= 0.3 is 6.01 Å². The van der Waals surface area contributed by atoms with Crippen LogP contribution in [0.1, 0.15) is 25.7 Å². The largest absolute Gasteiger partial charge is 0.485 e. The molecular weight excluding hydrogens is 334 g/mol. The second-order valence-electron chi connectivity index (χ2n) is 6.50. The average Bonchev–Trinajstić information content (AvgIpc) is 2.70. The van der Waals surface area contributed by atoms with Gasteiger partial charge in [-0.15, -0.1) is 0 Å². The zero-order valence-corrected chi connectivity index (χ0v) is 14.3. The van der Waals surface area contributed by atoms with Crippen LogP contribution in [0, 0.1) is 0 Å². The molecule has 0 spiro atoms. The van der Waals surface area contributed by atoms with Crippen molar-refractivity contribution >= 4 is 5.91 Å². The first-order chi connectivity index (χ1) is 12.8. The number of nitrogens with one attached hydrogen (secondary N) is 1. The molecule has 2 aliphatic rings. The maximum atomic E-state index is 12.5. The Hall–Kier alpha value is -2.83. The Kier molecular flexibility index (Phi) is 4.86. The fourth-order valence-corrected chi connectivity index (χ4v) is 3.26. The van der Waals surface area contributed by atoms with Crippen LogP contribution in [0.4, 0.5) is 0 Å². The molecule has 0 radical (unpaired) electrons. The molecule has 1 N–H and O–H groups in total. The number of nitrogens with zero attached hydrogens (tertiary/aromatic N) is 2. The SMILES string of the molecule is O=C(NC1CCC(Oc2ncccn2)CC1)C1COc2ccccc2O1. The zero-order valence-electron chi connectivity index (χ0n) is 14.3. The molecule has 0 bridgehead atoms. The molecular formula is C19H21N3O4. The van der Waals surface area contributed by atoms with Gasteiger partial charge in [0.1, 0.15) is 12.7 Å². The number of ether oxygens (including phenoxy) is 3. The Bertz CT molecular complexity index is 747. The van der Waals surface area contributed by atoms with E-state index in [0.717, 1.165) is 25.7 Å². The van der Waals surface area contributed by atoms with Crippen LogP contribution in [-0.4, -0.2) is 40.7 Å². The molecule has 136 valence electrons. The van der Waals surface area contributed by atoms with Gasteiger partial charge in [0.15, 0.2) is 11.5 Å². The molecule has 4 rings (SSSR count). The van der Waals surface area contributed by atoms with Crippen molar-refractivity contribution in [2.75, 3.05) is 6.61 Å². The molecule has 1 aliphatic carbocycles. The van der Waals surface area contributed by atoms with E-state index in [9.17, 15) is 4.79 Å². The molecule has 7 nitrogen and oxygen atoms in total. The van der Waals surface area contributed by atoms with E-state index in [1.807, 2.05) is 24.3 Å². The van der Waals surface area contributed by atoms with Gasteiger partial charge < -0.3 is 19.5 Å². The van der Waals surface area contributed by atoms with Crippen LogP contribution in [-0.2, 0) is 4.79 Å². The number of carbonyl (C=O) groups is 1. The third kappa shape index (κ3) is 3.87. The molecule has 1 unspecified atom stereocenters. The summed E-state index contributed by atoms with van der Waals surface area (Å²) in [5, 5.41) is 3.07. The molecule has 1 fully saturated rings. The van der Waals surface area contributed by atoms with Gasteiger partial charge in [0.25, 0.3) is 5.91 Å². The summed E-state index contributed by atoms with van der Waals surface area (Å²) in [6.07, 6.45) is 6.23. The van der Waals surface area contributed by atoms with Gasteiger partial charge in [-0.1, -0.05) is 12.1 Å². The van der Waals surface area contributed by atoms with Gasteiger partial charge in [-0.25, -0.2) is 9.97 Å². The minimum absolute atomic E-state index is 0.0895. The Morgan fingerprint density at radius 2 is 1.77 bits per heavy atom. The highest BCUT2D eigenvalue weighted by Crippen LogP contribution is 2.31. The van der Waals surface area contributed by atoms with Crippen molar-refractivity contribution in [1.29, 1.82) is 0 Å². The van der Waals surface area contributed by atoms with Crippen molar-refractivity contribution in [3.05, 3.63) is 42.7 Å². The Labute approximate surface area is 151 Å². The smallest absolute Gasteiger partial charge is 0.316 e. The van der Waals surface area contributed by atoms with Crippen molar-refractivity contribution in [3.63, 3.8) is 0 Å². The summed E-state index contributed by atoms with van der Waals surface area (Å²) >= 11 is 0. The van der Waals surface area contributed by atoms with Crippen molar-refractivity contribution < 1.29 is 19.0 Å². The molecule has 1 atom stereocenters. The number of benzene rings is 1. The van der Waals surface area contributed by atoms with E-state index in [4.69, 9.17) is 14.2 Å². The van der Waals surface area contributed by atoms with E-state index in [1.54, 1.807) is 18.5 Å². The summed E-state index contributed by atoms with van der Waals surface area (Å²) in [5.74, 6) is 1.16. The summed E-state index contributed by atoms with van der Waals surface area (Å²) in [4.78, 5) is 20.7. The topological polar surface area (TPSA) is 82.6 Å². The summed E-state index contributed by atoms with van der Waals surface area (Å²) in [7, 11) is 0. The van der Waals surface area contributed by atoms with Crippen LogP contribution in [0.15, 0.2) is 42.7 Å². The fourth-order valence-electron chi connectivity index (χ4n) is 3.26. The minimum Gasteiger partial charge on any atom is -0.485 e. The number of aromatic nitrogens is 2. The van der Waals surface area contributed by atoms with Gasteiger partial charge in [-0.3, -0.25) is 4.79 Å². The molecule has 26 heavy (non-hydrogen) atoms. The molecule has 2 aromatic rings. The number of hydrogen-bond donors (Lipinski definition) is 1. The van der Waals surface area contributed by atoms with Crippen molar-refractivity contribution in [2.45, 2.75) is 43.9 Å². The molecule has 1 aromatic heterocycles. The average molecular weight is 355 g/mol. The monoisotopic (exact) mass is 355 g/mol. The predicted molar refractivity (Wildman–Crippen MR) is 93.2 cm³/mol. The minimum atomic E-state index is -0.614. The molecule has 1 aliphatic heterocycles. The van der Waals surface area contributed by atoms with Crippen molar-refractivity contribution in [3.8, 4) is 17.5 Å². The quantitative estimate of drug-likeness (QED) is 0.905. The number of fused-ring (bicyclic) bond motifs is 1. The summed E-state index contributed by atoms with van der Waals surface area (Å²) in [6, 6.07) is 9.68. The number of para-hydroxylation sites is 2. The third-order valence-electron chi connectivity index (χ3n) is 4.64. The number of amides is 1. The zero-order chi connectivity index (χ0) is 17.8. The Morgan fingerprint density at radius 1 is 1.04 bits per heavy atom. The van der Waals surface area contributed by atoms with Gasteiger partial charge in [-0.05, 0) is 43.9 Å². The molecule has 7 heteroatoms. The molecule has 1 saturated carbocycles. The predicted octanol–water partition coefficient (Wildman–Crippen LogP) is 2.12. The molecule has 1 aromatic carbocycles. The van der Waals surface area contributed by atoms with Crippen LogP contribution in [0.3, 0.4) is 0 Å². The van der Waals surface area contributed by atoms with Crippen LogP contribution >= 0.6 is 0 Å². The van der Waals surface area contributed by atoms with Gasteiger partial charge in [-0.2, -0.15) is 0 Å². The van der Waals surface area contributed by atoms with E-state index in [1.165, 1.54) is 0 Å². The van der Waals surface area contributed by atoms with Gasteiger partial charge in [0.2, 0.25) is 6.10 Å².